The molecule has 20 heavy (non-hydrogen) atoms. The quantitative estimate of drug-likeness (QED) is 0.798. The maximum atomic E-state index is 5.61. The Labute approximate surface area is 122 Å². The van der Waals surface area contributed by atoms with Crippen LogP contribution in [-0.4, -0.2) is 6.54 Å². The monoisotopic (exact) mass is 271 g/mol. The largest absolute Gasteiger partial charge is 0.467 e. The number of furan rings is 1. The summed E-state index contributed by atoms with van der Waals surface area (Å²) in [5, 5.41) is 3.57. The van der Waals surface area contributed by atoms with E-state index < -0.39 is 0 Å². The average molecular weight is 271 g/mol. The van der Waals surface area contributed by atoms with E-state index in [2.05, 4.69) is 50.4 Å². The van der Waals surface area contributed by atoms with Crippen LogP contribution in [0.5, 0.6) is 0 Å². The van der Waals surface area contributed by atoms with Crippen molar-refractivity contribution in [3.8, 4) is 0 Å². The summed E-state index contributed by atoms with van der Waals surface area (Å²) in [6.45, 7) is 7.68. The Morgan fingerprint density at radius 2 is 2.00 bits per heavy atom. The van der Waals surface area contributed by atoms with E-state index in [1.54, 1.807) is 6.26 Å². The van der Waals surface area contributed by atoms with Crippen molar-refractivity contribution in [1.82, 2.24) is 5.32 Å². The van der Waals surface area contributed by atoms with Gasteiger partial charge in [-0.1, -0.05) is 45.0 Å². The highest BCUT2D eigenvalue weighted by Gasteiger charge is 2.16. The Morgan fingerprint density at radius 1 is 1.15 bits per heavy atom. The summed E-state index contributed by atoms with van der Waals surface area (Å²) in [4.78, 5) is 0. The average Bonchev–Trinajstić information content (AvgIpc) is 2.93. The summed E-state index contributed by atoms with van der Waals surface area (Å²) < 4.78 is 5.61. The summed E-state index contributed by atoms with van der Waals surface area (Å²) in [5.41, 5.74) is 2.68. The van der Waals surface area contributed by atoms with Crippen molar-refractivity contribution >= 4 is 0 Å². The molecule has 0 aliphatic heterocycles. The predicted molar refractivity (Wildman–Crippen MR) is 83.8 cm³/mol. The third-order valence-electron chi connectivity index (χ3n) is 3.35. The van der Waals surface area contributed by atoms with Crippen molar-refractivity contribution in [2.24, 2.45) is 5.92 Å². The molecular weight excluding hydrogens is 246 g/mol. The molecule has 0 saturated heterocycles. The Morgan fingerprint density at radius 3 is 2.65 bits per heavy atom. The molecule has 2 nitrogen and oxygen atoms in total. The lowest BCUT2D eigenvalue weighted by atomic mass is 9.97. The highest BCUT2D eigenvalue weighted by atomic mass is 16.3. The van der Waals surface area contributed by atoms with Gasteiger partial charge in [0.2, 0.25) is 0 Å². The molecule has 1 unspecified atom stereocenters. The van der Waals surface area contributed by atoms with Gasteiger partial charge in [-0.15, -0.1) is 0 Å². The van der Waals surface area contributed by atoms with Crippen LogP contribution in [0, 0.1) is 5.92 Å². The van der Waals surface area contributed by atoms with E-state index in [0.717, 1.165) is 25.1 Å². The summed E-state index contributed by atoms with van der Waals surface area (Å²) in [6, 6.07) is 13.0. The van der Waals surface area contributed by atoms with Crippen LogP contribution in [0.1, 0.15) is 50.1 Å². The van der Waals surface area contributed by atoms with E-state index in [4.69, 9.17) is 4.42 Å². The highest BCUT2D eigenvalue weighted by molar-refractivity contribution is 5.31. The van der Waals surface area contributed by atoms with Crippen LogP contribution in [-0.2, 0) is 6.42 Å². The summed E-state index contributed by atoms with van der Waals surface area (Å²) >= 11 is 0. The molecule has 0 radical (unpaired) electrons. The first-order valence-corrected chi connectivity index (χ1v) is 7.56. The molecule has 1 atom stereocenters. The minimum Gasteiger partial charge on any atom is -0.467 e. The fraction of sp³-hybridized carbons (Fsp3) is 0.444. The van der Waals surface area contributed by atoms with Gasteiger partial charge in [-0.3, -0.25) is 0 Å². The highest BCUT2D eigenvalue weighted by Crippen LogP contribution is 2.24. The summed E-state index contributed by atoms with van der Waals surface area (Å²) in [6.07, 6.45) is 3.98. The molecule has 1 heterocycles. The topological polar surface area (TPSA) is 25.2 Å². The van der Waals surface area contributed by atoms with Crippen LogP contribution < -0.4 is 5.32 Å². The number of benzene rings is 1. The van der Waals surface area contributed by atoms with Gasteiger partial charge in [-0.05, 0) is 48.6 Å². The smallest absolute Gasteiger partial charge is 0.125 e. The Bertz CT molecular complexity index is 502. The molecule has 0 fully saturated rings. The van der Waals surface area contributed by atoms with Crippen LogP contribution >= 0.6 is 0 Å². The van der Waals surface area contributed by atoms with E-state index >= 15 is 0 Å². The number of hydrogen-bond acceptors (Lipinski definition) is 2. The first-order valence-electron chi connectivity index (χ1n) is 7.56. The molecule has 2 aromatic rings. The molecule has 108 valence electrons. The van der Waals surface area contributed by atoms with E-state index in [9.17, 15) is 0 Å². The minimum atomic E-state index is 0.150. The molecule has 0 amide bonds. The molecule has 0 spiro atoms. The number of nitrogens with one attached hydrogen (secondary N) is 1. The van der Waals surface area contributed by atoms with Crippen molar-refractivity contribution in [1.29, 1.82) is 0 Å². The molecule has 1 aromatic carbocycles. The van der Waals surface area contributed by atoms with Crippen LogP contribution in [0.15, 0.2) is 47.1 Å². The molecule has 2 heteroatoms. The summed E-state index contributed by atoms with van der Waals surface area (Å²) in [7, 11) is 0. The normalized spacial score (nSPS) is 12.8. The first-order chi connectivity index (χ1) is 9.70. The summed E-state index contributed by atoms with van der Waals surface area (Å²) in [5.74, 6) is 1.66. The van der Waals surface area contributed by atoms with E-state index in [-0.39, 0.29) is 6.04 Å². The zero-order valence-electron chi connectivity index (χ0n) is 12.7. The van der Waals surface area contributed by atoms with Crippen molar-refractivity contribution in [3.05, 3.63) is 59.5 Å². The van der Waals surface area contributed by atoms with Crippen LogP contribution in [0.3, 0.4) is 0 Å². The lowest BCUT2D eigenvalue weighted by molar-refractivity contribution is 0.446. The van der Waals surface area contributed by atoms with E-state index in [1.807, 2.05) is 12.1 Å². The van der Waals surface area contributed by atoms with Crippen molar-refractivity contribution < 1.29 is 4.42 Å². The van der Waals surface area contributed by atoms with Crippen molar-refractivity contribution in [3.63, 3.8) is 0 Å². The van der Waals surface area contributed by atoms with Crippen LogP contribution in [0.2, 0.25) is 0 Å². The van der Waals surface area contributed by atoms with Crippen molar-refractivity contribution in [2.45, 2.75) is 39.7 Å². The SMILES string of the molecule is CCCNC(c1cccc(CC(C)C)c1)c1ccco1. The molecule has 2 rings (SSSR count). The minimum absolute atomic E-state index is 0.150. The lowest BCUT2D eigenvalue weighted by Gasteiger charge is -2.18. The molecule has 1 N–H and O–H groups in total. The molecule has 0 bridgehead atoms. The van der Waals surface area contributed by atoms with Gasteiger partial charge < -0.3 is 9.73 Å². The van der Waals surface area contributed by atoms with Gasteiger partial charge in [-0.2, -0.15) is 0 Å². The standard InChI is InChI=1S/C18H25NO/c1-4-10-19-18(17-9-6-11-20-17)16-8-5-7-15(13-16)12-14(2)3/h5-9,11,13-14,18-19H,4,10,12H2,1-3H3. The molecular formula is C18H25NO. The van der Waals surface area contributed by atoms with Gasteiger partial charge in [-0.25, -0.2) is 0 Å². The van der Waals surface area contributed by atoms with E-state index in [1.165, 1.54) is 11.1 Å². The molecule has 1 aromatic heterocycles. The third kappa shape index (κ3) is 3.97. The molecule has 0 aliphatic rings. The van der Waals surface area contributed by atoms with Crippen molar-refractivity contribution in [2.75, 3.05) is 6.54 Å². The maximum absolute atomic E-state index is 5.61. The van der Waals surface area contributed by atoms with Gasteiger partial charge >= 0.3 is 0 Å². The first kappa shape index (κ1) is 14.9. The fourth-order valence-electron chi connectivity index (χ4n) is 2.50. The van der Waals surface area contributed by atoms with Gasteiger partial charge in [0.25, 0.3) is 0 Å². The second-order valence-electron chi connectivity index (χ2n) is 5.75. The van der Waals surface area contributed by atoms with E-state index in [0.29, 0.717) is 5.92 Å². The van der Waals surface area contributed by atoms with Gasteiger partial charge in [0.05, 0.1) is 12.3 Å². The zero-order valence-corrected chi connectivity index (χ0v) is 12.7. The second kappa shape index (κ2) is 7.30. The zero-order chi connectivity index (χ0) is 14.4. The maximum Gasteiger partial charge on any atom is 0.125 e. The Balaban J connectivity index is 2.24. The number of rotatable bonds is 7. The third-order valence-corrected chi connectivity index (χ3v) is 3.35. The van der Waals surface area contributed by atoms with Gasteiger partial charge in [0.1, 0.15) is 5.76 Å². The molecule has 0 saturated carbocycles. The Kier molecular flexibility index (Phi) is 5.42. The van der Waals surface area contributed by atoms with Gasteiger partial charge in [0.15, 0.2) is 0 Å². The van der Waals surface area contributed by atoms with Crippen LogP contribution in [0.25, 0.3) is 0 Å². The lowest BCUT2D eigenvalue weighted by Crippen LogP contribution is -2.22. The fourth-order valence-corrected chi connectivity index (χ4v) is 2.50. The number of hydrogen-bond donors (Lipinski definition) is 1. The van der Waals surface area contributed by atoms with Crippen LogP contribution in [0.4, 0.5) is 0 Å². The van der Waals surface area contributed by atoms with Gasteiger partial charge in [0, 0.05) is 0 Å². The predicted octanol–water partition coefficient (Wildman–Crippen LogP) is 4.57. The second-order valence-corrected chi connectivity index (χ2v) is 5.75. The Hall–Kier alpha value is -1.54. The molecule has 0 aliphatic carbocycles.